The number of rotatable bonds is 6. The van der Waals surface area contributed by atoms with Crippen molar-refractivity contribution in [3.63, 3.8) is 0 Å². The zero-order valence-corrected chi connectivity index (χ0v) is 35.1. The second-order valence-corrected chi connectivity index (χ2v) is 17.0. The summed E-state index contributed by atoms with van der Waals surface area (Å²) < 4.78 is 0. The van der Waals surface area contributed by atoms with Gasteiger partial charge in [-0.3, -0.25) is 0 Å². The molecule has 65 heavy (non-hydrogen) atoms. The number of fused-ring (bicyclic) bond motifs is 10. The lowest BCUT2D eigenvalue weighted by molar-refractivity contribution is 0.735. The van der Waals surface area contributed by atoms with Crippen LogP contribution in [0.4, 0.5) is 17.1 Å². The molecule has 13 rings (SSSR count). The fraction of sp³-hybridized carbons (Fsp3) is 0.0333. The van der Waals surface area contributed by atoms with E-state index in [1.807, 2.05) is 72.8 Å². The van der Waals surface area contributed by atoms with Crippen molar-refractivity contribution in [3.05, 3.63) is 257 Å². The van der Waals surface area contributed by atoms with Crippen molar-refractivity contribution in [1.82, 2.24) is 15.0 Å². The Morgan fingerprint density at radius 3 is 1.82 bits per heavy atom. The Morgan fingerprint density at radius 1 is 0.462 bits per heavy atom. The summed E-state index contributed by atoms with van der Waals surface area (Å²) in [6.07, 6.45) is 7.16. The van der Waals surface area contributed by atoms with Gasteiger partial charge in [-0.05, 0) is 110 Å². The van der Waals surface area contributed by atoms with Gasteiger partial charge in [-0.15, -0.1) is 0 Å². The third kappa shape index (κ3) is 5.74. The highest BCUT2D eigenvalue weighted by atomic mass is 15.2. The van der Waals surface area contributed by atoms with Crippen molar-refractivity contribution < 1.29 is 0 Å². The van der Waals surface area contributed by atoms with E-state index in [-0.39, 0.29) is 0 Å². The molecule has 302 valence electrons. The highest BCUT2D eigenvalue weighted by molar-refractivity contribution is 6.01. The average molecular weight is 828 g/mol. The minimum atomic E-state index is -0.505. The van der Waals surface area contributed by atoms with Crippen LogP contribution in [0, 0.1) is 17.2 Å². The van der Waals surface area contributed by atoms with Gasteiger partial charge in [0.15, 0.2) is 17.5 Å². The SMILES string of the molecule is N#Cc1cccc(-c2cccc(-c3nc(-c4ccccc4)nc(-c4ccc(-c5ccc6c(c5)C5(C7=C(C=C[C@H]8C=C78)c7ccccc75)c5ccccc5N6c5ccccc5)cc4)n3)c2)c1. The van der Waals surface area contributed by atoms with Crippen LogP contribution >= 0.6 is 0 Å². The molecule has 0 N–H and O–H groups in total. The summed E-state index contributed by atoms with van der Waals surface area (Å²) in [5.41, 5.74) is 19.9. The molecule has 4 aliphatic rings. The Hall–Kier alpha value is -8.72. The van der Waals surface area contributed by atoms with E-state index in [9.17, 15) is 5.26 Å². The average Bonchev–Trinajstić information content (AvgIpc) is 4.13. The van der Waals surface area contributed by atoms with Crippen LogP contribution in [0.3, 0.4) is 0 Å². The standard InChI is InChI=1S/C60H37N5/c61-37-38-13-11-16-42(33-38)43-17-12-18-46(34-43)59-63-57(40-14-3-1-4-15-40)62-58(64-59)41-27-25-39(26-28-41)44-30-32-55-53(36-44)60(52-23-9-10-24-54(52)65(55)47-19-5-2-6-20-47)51-22-8-7-21-48(51)49-31-29-45-35-50(45)56(49)60/h1-36,45H/t45-,60?/m0/s1. The van der Waals surface area contributed by atoms with Crippen molar-refractivity contribution in [2.45, 2.75) is 5.41 Å². The molecule has 1 unspecified atom stereocenters. The monoisotopic (exact) mass is 827 g/mol. The van der Waals surface area contributed by atoms with Crippen molar-refractivity contribution in [2.24, 2.45) is 5.92 Å². The molecule has 5 heteroatoms. The van der Waals surface area contributed by atoms with Crippen molar-refractivity contribution in [2.75, 3.05) is 4.90 Å². The second kappa shape index (κ2) is 14.4. The van der Waals surface area contributed by atoms with Crippen LogP contribution in [0.15, 0.2) is 230 Å². The van der Waals surface area contributed by atoms with Crippen LogP contribution < -0.4 is 4.90 Å². The van der Waals surface area contributed by atoms with Gasteiger partial charge in [0, 0.05) is 28.3 Å². The van der Waals surface area contributed by atoms with E-state index in [4.69, 9.17) is 15.0 Å². The summed E-state index contributed by atoms with van der Waals surface area (Å²) in [6, 6.07) is 72.7. The van der Waals surface area contributed by atoms with Gasteiger partial charge < -0.3 is 4.90 Å². The molecule has 1 spiro atoms. The summed E-state index contributed by atoms with van der Waals surface area (Å²) in [4.78, 5) is 17.6. The van der Waals surface area contributed by atoms with Crippen LogP contribution in [0.1, 0.15) is 27.8 Å². The van der Waals surface area contributed by atoms with E-state index in [0.29, 0.717) is 29.0 Å². The predicted octanol–water partition coefficient (Wildman–Crippen LogP) is 14.1. The lowest BCUT2D eigenvalue weighted by Crippen LogP contribution is -2.37. The van der Waals surface area contributed by atoms with Gasteiger partial charge in [0.25, 0.3) is 0 Å². The summed E-state index contributed by atoms with van der Waals surface area (Å²) >= 11 is 0. The summed E-state index contributed by atoms with van der Waals surface area (Å²) in [5, 5.41) is 9.57. The molecular weight excluding hydrogens is 791 g/mol. The highest BCUT2D eigenvalue weighted by Crippen LogP contribution is 2.67. The van der Waals surface area contributed by atoms with E-state index >= 15 is 0 Å². The van der Waals surface area contributed by atoms with E-state index in [1.54, 1.807) is 0 Å². The first kappa shape index (κ1) is 36.9. The lowest BCUT2D eigenvalue weighted by atomic mass is 9.62. The van der Waals surface area contributed by atoms with Crippen molar-refractivity contribution in [1.29, 1.82) is 5.26 Å². The Morgan fingerprint density at radius 2 is 1.03 bits per heavy atom. The van der Waals surface area contributed by atoms with Gasteiger partial charge in [0.2, 0.25) is 0 Å². The normalized spacial score (nSPS) is 17.1. The molecule has 9 aromatic rings. The summed E-state index contributed by atoms with van der Waals surface area (Å²) in [5.74, 6) is 2.15. The number of nitriles is 1. The Balaban J connectivity index is 0.954. The molecule has 1 aliphatic heterocycles. The third-order valence-electron chi connectivity index (χ3n) is 13.4. The first-order chi connectivity index (χ1) is 32.2. The fourth-order valence-corrected chi connectivity index (χ4v) is 10.5. The number of nitrogens with zero attached hydrogens (tertiary/aromatic N) is 5. The smallest absolute Gasteiger partial charge is 0.164 e. The van der Waals surface area contributed by atoms with Gasteiger partial charge in [0.05, 0.1) is 28.4 Å². The maximum absolute atomic E-state index is 9.57. The molecule has 8 aromatic carbocycles. The molecule has 0 radical (unpaired) electrons. The van der Waals surface area contributed by atoms with Gasteiger partial charge in [-0.2, -0.15) is 5.26 Å². The molecule has 3 aliphatic carbocycles. The molecule has 0 bridgehead atoms. The van der Waals surface area contributed by atoms with Gasteiger partial charge in [-0.1, -0.05) is 170 Å². The van der Waals surface area contributed by atoms with E-state index in [2.05, 4.69) is 157 Å². The number of anilines is 3. The second-order valence-electron chi connectivity index (χ2n) is 17.0. The molecule has 2 atom stereocenters. The van der Waals surface area contributed by atoms with Crippen molar-refractivity contribution in [3.8, 4) is 62.5 Å². The highest BCUT2D eigenvalue weighted by Gasteiger charge is 2.56. The van der Waals surface area contributed by atoms with Crippen LogP contribution in [-0.2, 0) is 5.41 Å². The third-order valence-corrected chi connectivity index (χ3v) is 13.4. The molecule has 0 fully saturated rings. The van der Waals surface area contributed by atoms with Gasteiger partial charge in [0.1, 0.15) is 0 Å². The number of para-hydroxylation sites is 2. The van der Waals surface area contributed by atoms with Crippen LogP contribution in [0.2, 0.25) is 0 Å². The molecule has 1 aromatic heterocycles. The van der Waals surface area contributed by atoms with E-state index < -0.39 is 5.41 Å². The summed E-state index contributed by atoms with van der Waals surface area (Å²) in [6.45, 7) is 0. The number of aromatic nitrogens is 3. The predicted molar refractivity (Wildman–Crippen MR) is 260 cm³/mol. The number of hydrogen-bond donors (Lipinski definition) is 0. The molecule has 2 heterocycles. The topological polar surface area (TPSA) is 65.7 Å². The number of allylic oxidation sites excluding steroid dienone is 6. The zero-order chi connectivity index (χ0) is 43.1. The Labute approximate surface area is 377 Å². The van der Waals surface area contributed by atoms with Crippen LogP contribution in [0.5, 0.6) is 0 Å². The molecule has 5 nitrogen and oxygen atoms in total. The maximum Gasteiger partial charge on any atom is 0.164 e. The largest absolute Gasteiger partial charge is 0.310 e. The first-order valence-corrected chi connectivity index (χ1v) is 22.0. The summed E-state index contributed by atoms with van der Waals surface area (Å²) in [7, 11) is 0. The first-order valence-electron chi connectivity index (χ1n) is 22.0. The Bertz CT molecular complexity index is 3560. The number of benzene rings is 8. The van der Waals surface area contributed by atoms with Crippen molar-refractivity contribution >= 4 is 22.6 Å². The zero-order valence-electron chi connectivity index (χ0n) is 35.1. The minimum Gasteiger partial charge on any atom is -0.310 e. The molecular formula is C60H37N5. The quantitative estimate of drug-likeness (QED) is 0.167. The van der Waals surface area contributed by atoms with Gasteiger partial charge in [-0.25, -0.2) is 15.0 Å². The minimum absolute atomic E-state index is 0.377. The van der Waals surface area contributed by atoms with Crippen LogP contribution in [-0.4, -0.2) is 15.0 Å². The Kier molecular flexibility index (Phi) is 8.18. The lowest BCUT2D eigenvalue weighted by Gasteiger charge is -2.46. The van der Waals surface area contributed by atoms with Gasteiger partial charge >= 0.3 is 0 Å². The van der Waals surface area contributed by atoms with E-state index in [0.717, 1.165) is 44.6 Å². The van der Waals surface area contributed by atoms with Crippen LogP contribution in [0.25, 0.3) is 62.0 Å². The fourth-order valence-electron chi connectivity index (χ4n) is 10.5. The van der Waals surface area contributed by atoms with E-state index in [1.165, 1.54) is 50.3 Å². The number of hydrogen-bond acceptors (Lipinski definition) is 5. The molecule has 0 amide bonds. The molecule has 0 saturated heterocycles. The maximum atomic E-state index is 9.57. The molecule has 0 saturated carbocycles.